The zero-order valence-electron chi connectivity index (χ0n) is 18.5. The van der Waals surface area contributed by atoms with Gasteiger partial charge < -0.3 is 20.1 Å². The Kier molecular flexibility index (Phi) is 8.32. The molecule has 1 aromatic carbocycles. The highest BCUT2D eigenvalue weighted by molar-refractivity contribution is 6.30. The van der Waals surface area contributed by atoms with E-state index in [2.05, 4.69) is 5.32 Å². The number of benzene rings is 1. The van der Waals surface area contributed by atoms with E-state index in [1.165, 1.54) is 0 Å². The smallest absolute Gasteiger partial charge is 0.310 e. The van der Waals surface area contributed by atoms with E-state index in [4.69, 9.17) is 16.3 Å². The minimum absolute atomic E-state index is 0.0137. The van der Waals surface area contributed by atoms with Gasteiger partial charge in [0, 0.05) is 29.8 Å². The van der Waals surface area contributed by atoms with E-state index in [1.807, 2.05) is 19.1 Å². The van der Waals surface area contributed by atoms with Crippen molar-refractivity contribution in [3.8, 4) is 0 Å². The molecule has 0 saturated carbocycles. The summed E-state index contributed by atoms with van der Waals surface area (Å²) in [6, 6.07) is 6.03. The molecule has 0 spiro atoms. The molecule has 2 N–H and O–H groups in total. The highest BCUT2D eigenvalue weighted by Crippen LogP contribution is 2.45. The first-order valence-electron chi connectivity index (χ1n) is 11.3. The Labute approximate surface area is 193 Å². The number of carbonyl (C=O) groups excluding carboxylic acids is 3. The molecule has 0 aromatic heterocycles. The minimum Gasteiger partial charge on any atom is -0.466 e. The predicted molar refractivity (Wildman–Crippen MR) is 122 cm³/mol. The van der Waals surface area contributed by atoms with E-state index in [1.54, 1.807) is 36.1 Å². The number of likely N-dealkylation sites (tertiary alicyclic amines) is 1. The number of hydrogen-bond donors (Lipinski definition) is 2. The van der Waals surface area contributed by atoms with Gasteiger partial charge in [-0.25, -0.2) is 0 Å². The Morgan fingerprint density at radius 1 is 1.16 bits per heavy atom. The summed E-state index contributed by atoms with van der Waals surface area (Å²) in [6.45, 7) is 4.31. The number of nitrogens with one attached hydrogen (secondary N) is 1. The van der Waals surface area contributed by atoms with Gasteiger partial charge >= 0.3 is 5.97 Å². The first-order valence-corrected chi connectivity index (χ1v) is 11.6. The molecule has 0 bridgehead atoms. The highest BCUT2D eigenvalue weighted by atomic mass is 35.5. The first kappa shape index (κ1) is 24.3. The van der Waals surface area contributed by atoms with Crippen LogP contribution < -0.4 is 5.32 Å². The van der Waals surface area contributed by atoms with E-state index in [9.17, 15) is 19.5 Å². The lowest BCUT2D eigenvalue weighted by Gasteiger charge is -2.33. The number of hydrogen-bond acceptors (Lipinski definition) is 5. The molecule has 1 fully saturated rings. The molecule has 32 heavy (non-hydrogen) atoms. The number of unbranched alkanes of at least 4 members (excludes halogenated alkanes) is 1. The van der Waals surface area contributed by atoms with Crippen LogP contribution in [0.5, 0.6) is 0 Å². The minimum atomic E-state index is -0.743. The maximum Gasteiger partial charge on any atom is 0.310 e. The molecular formula is C24H31ClN2O5. The number of carbonyl (C=O) groups is 3. The van der Waals surface area contributed by atoms with Crippen LogP contribution in [0.2, 0.25) is 5.02 Å². The van der Waals surface area contributed by atoms with Crippen LogP contribution in [0.3, 0.4) is 0 Å². The third kappa shape index (κ3) is 4.99. The van der Waals surface area contributed by atoms with Gasteiger partial charge in [-0.05, 0) is 56.4 Å². The lowest BCUT2D eigenvalue weighted by Crippen LogP contribution is -2.44. The molecule has 1 heterocycles. The molecule has 1 saturated heterocycles. The number of rotatable bonds is 9. The fourth-order valence-corrected chi connectivity index (χ4v) is 4.96. The van der Waals surface area contributed by atoms with Crippen LogP contribution >= 0.6 is 11.6 Å². The molecule has 2 aliphatic rings. The summed E-state index contributed by atoms with van der Waals surface area (Å²) >= 11 is 5.94. The summed E-state index contributed by atoms with van der Waals surface area (Å²) in [4.78, 5) is 41.3. The average molecular weight is 463 g/mol. The Balaban J connectivity index is 1.93. The SMILES string of the molecule is CCOC(=O)[C@H]1[C@@H]2C(=O)N(CCCCO)[C@H](C(=O)Nc3ccc(Cl)cc3)[C@H]2C=C[C@H]1CC. The molecule has 2 amide bonds. The summed E-state index contributed by atoms with van der Waals surface area (Å²) in [7, 11) is 0. The summed E-state index contributed by atoms with van der Waals surface area (Å²) in [5, 5.41) is 12.6. The third-order valence-electron chi connectivity index (χ3n) is 6.33. The molecule has 1 aliphatic carbocycles. The van der Waals surface area contributed by atoms with Crippen molar-refractivity contribution >= 4 is 35.1 Å². The number of amides is 2. The summed E-state index contributed by atoms with van der Waals surface area (Å²) < 4.78 is 5.32. The Morgan fingerprint density at radius 2 is 1.88 bits per heavy atom. The van der Waals surface area contributed by atoms with Crippen LogP contribution in [0.25, 0.3) is 0 Å². The van der Waals surface area contributed by atoms with Crippen molar-refractivity contribution in [3.63, 3.8) is 0 Å². The molecular weight excluding hydrogens is 432 g/mol. The fraction of sp³-hybridized carbons (Fsp3) is 0.542. The van der Waals surface area contributed by atoms with Gasteiger partial charge in [0.1, 0.15) is 6.04 Å². The number of nitrogens with zero attached hydrogens (tertiary/aromatic N) is 1. The van der Waals surface area contributed by atoms with E-state index in [0.29, 0.717) is 36.5 Å². The lowest BCUT2D eigenvalue weighted by molar-refractivity contribution is -0.155. The van der Waals surface area contributed by atoms with Gasteiger partial charge in [-0.1, -0.05) is 30.7 Å². The van der Waals surface area contributed by atoms with Gasteiger partial charge in [-0.3, -0.25) is 14.4 Å². The zero-order valence-corrected chi connectivity index (χ0v) is 19.3. The van der Waals surface area contributed by atoms with Crippen LogP contribution in [0.4, 0.5) is 5.69 Å². The van der Waals surface area contributed by atoms with Crippen molar-refractivity contribution in [2.45, 2.75) is 39.2 Å². The maximum absolute atomic E-state index is 13.6. The molecule has 7 nitrogen and oxygen atoms in total. The van der Waals surface area contributed by atoms with Crippen molar-refractivity contribution in [1.82, 2.24) is 4.90 Å². The quantitative estimate of drug-likeness (QED) is 0.333. The topological polar surface area (TPSA) is 95.9 Å². The molecule has 0 unspecified atom stereocenters. The molecule has 1 aromatic rings. The van der Waals surface area contributed by atoms with Gasteiger partial charge in [0.15, 0.2) is 0 Å². The number of halogens is 1. The number of aliphatic hydroxyl groups is 1. The van der Waals surface area contributed by atoms with Gasteiger partial charge in [-0.15, -0.1) is 0 Å². The molecule has 174 valence electrons. The maximum atomic E-state index is 13.6. The van der Waals surface area contributed by atoms with Crippen molar-refractivity contribution in [1.29, 1.82) is 0 Å². The second-order valence-electron chi connectivity index (χ2n) is 8.24. The zero-order chi connectivity index (χ0) is 23.3. The first-order chi connectivity index (χ1) is 15.4. The Hall–Kier alpha value is -2.38. The lowest BCUT2D eigenvalue weighted by atomic mass is 9.69. The van der Waals surface area contributed by atoms with Crippen molar-refractivity contribution in [2.75, 3.05) is 25.1 Å². The number of allylic oxidation sites excluding steroid dienone is 1. The molecule has 3 rings (SSSR count). The van der Waals surface area contributed by atoms with Crippen molar-refractivity contribution in [3.05, 3.63) is 41.4 Å². The van der Waals surface area contributed by atoms with E-state index in [0.717, 1.165) is 0 Å². The largest absolute Gasteiger partial charge is 0.466 e. The number of aliphatic hydroxyl groups excluding tert-OH is 1. The summed E-state index contributed by atoms with van der Waals surface area (Å²) in [5.41, 5.74) is 0.582. The van der Waals surface area contributed by atoms with E-state index >= 15 is 0 Å². The van der Waals surface area contributed by atoms with Gasteiger partial charge in [0.25, 0.3) is 0 Å². The second kappa shape index (κ2) is 11.0. The highest BCUT2D eigenvalue weighted by Gasteiger charge is 2.57. The van der Waals surface area contributed by atoms with Gasteiger partial charge in [0.2, 0.25) is 11.8 Å². The van der Waals surface area contributed by atoms with Crippen LogP contribution in [0.1, 0.15) is 33.1 Å². The standard InChI is InChI=1S/C24H31ClN2O5/c1-3-15-7-12-18-20(19(15)24(31)32-4-2)23(30)27(13-5-6-14-28)21(18)22(29)26-17-10-8-16(25)9-11-17/h7-12,15,18-21,28H,3-6,13-14H2,1-2H3,(H,26,29)/t15-,18+,19-,20-,21+/m1/s1. The number of fused-ring (bicyclic) bond motifs is 1. The van der Waals surface area contributed by atoms with Gasteiger partial charge in [-0.2, -0.15) is 0 Å². The molecule has 1 aliphatic heterocycles. The van der Waals surface area contributed by atoms with Crippen molar-refractivity contribution < 1.29 is 24.2 Å². The van der Waals surface area contributed by atoms with E-state index in [-0.39, 0.29) is 36.9 Å². The Bertz CT molecular complexity index is 856. The van der Waals surface area contributed by atoms with Crippen LogP contribution in [-0.2, 0) is 19.1 Å². The predicted octanol–water partition coefficient (Wildman–Crippen LogP) is 3.27. The number of esters is 1. The summed E-state index contributed by atoms with van der Waals surface area (Å²) in [5.74, 6) is -2.70. The summed E-state index contributed by atoms with van der Waals surface area (Å²) in [6.07, 6.45) is 5.67. The molecule has 0 radical (unpaired) electrons. The van der Waals surface area contributed by atoms with Gasteiger partial charge in [0.05, 0.1) is 18.4 Å². The van der Waals surface area contributed by atoms with E-state index < -0.39 is 23.8 Å². The Morgan fingerprint density at radius 3 is 2.50 bits per heavy atom. The average Bonchev–Trinajstić information content (AvgIpc) is 3.06. The van der Waals surface area contributed by atoms with Crippen LogP contribution in [0, 0.1) is 23.7 Å². The normalized spacial score (nSPS) is 26.7. The van der Waals surface area contributed by atoms with Crippen LogP contribution in [-0.4, -0.2) is 53.6 Å². The second-order valence-corrected chi connectivity index (χ2v) is 8.68. The monoisotopic (exact) mass is 462 g/mol. The molecule has 5 atom stereocenters. The van der Waals surface area contributed by atoms with Crippen LogP contribution in [0.15, 0.2) is 36.4 Å². The fourth-order valence-electron chi connectivity index (χ4n) is 4.83. The van der Waals surface area contributed by atoms with Crippen molar-refractivity contribution in [2.24, 2.45) is 23.7 Å². The number of anilines is 1. The molecule has 8 heteroatoms. The third-order valence-corrected chi connectivity index (χ3v) is 6.58. The number of ether oxygens (including phenoxy) is 1.